The van der Waals surface area contributed by atoms with Gasteiger partial charge < -0.3 is 5.11 Å². The highest BCUT2D eigenvalue weighted by molar-refractivity contribution is 5.30. The molecule has 0 radical (unpaired) electrons. The van der Waals surface area contributed by atoms with Crippen LogP contribution in [0.3, 0.4) is 0 Å². The zero-order chi connectivity index (χ0) is 15.0. The van der Waals surface area contributed by atoms with E-state index in [4.69, 9.17) is 0 Å². The highest BCUT2D eigenvalue weighted by Crippen LogP contribution is 2.65. The van der Waals surface area contributed by atoms with Crippen LogP contribution >= 0.6 is 0 Å². The van der Waals surface area contributed by atoms with Gasteiger partial charge in [0.05, 0.1) is 5.60 Å². The Balaban J connectivity index is 1.22. The molecule has 3 aliphatic carbocycles. The molecule has 3 fully saturated rings. The first-order valence-corrected chi connectivity index (χ1v) is 9.54. The average molecular weight is 298 g/mol. The van der Waals surface area contributed by atoms with Crippen molar-refractivity contribution in [2.24, 2.45) is 17.8 Å². The summed E-state index contributed by atoms with van der Waals surface area (Å²) in [5.41, 5.74) is 1.14. The van der Waals surface area contributed by atoms with Gasteiger partial charge in [0, 0.05) is 0 Å². The van der Waals surface area contributed by atoms with Gasteiger partial charge in [-0.05, 0) is 48.5 Å². The Morgan fingerprint density at radius 3 is 2.55 bits per heavy atom. The van der Waals surface area contributed by atoms with E-state index in [1.807, 2.05) is 0 Å². The zero-order valence-electron chi connectivity index (χ0n) is 13.7. The van der Waals surface area contributed by atoms with E-state index in [1.165, 1.54) is 63.4 Å². The molecule has 0 spiro atoms. The quantitative estimate of drug-likeness (QED) is 0.756. The summed E-state index contributed by atoms with van der Waals surface area (Å²) in [6.07, 6.45) is 13.6. The second kappa shape index (κ2) is 6.00. The van der Waals surface area contributed by atoms with Crippen LogP contribution in [-0.4, -0.2) is 10.7 Å². The number of rotatable bonds is 6. The van der Waals surface area contributed by atoms with Crippen LogP contribution in [0.4, 0.5) is 0 Å². The Morgan fingerprint density at radius 1 is 1.00 bits per heavy atom. The minimum absolute atomic E-state index is 0.299. The van der Waals surface area contributed by atoms with Crippen LogP contribution in [0.1, 0.15) is 75.7 Å². The lowest BCUT2D eigenvalue weighted by Crippen LogP contribution is -2.15. The summed E-state index contributed by atoms with van der Waals surface area (Å²) in [4.78, 5) is 0. The first-order chi connectivity index (χ1) is 10.8. The molecule has 1 N–H and O–H groups in total. The van der Waals surface area contributed by atoms with Crippen molar-refractivity contribution in [3.8, 4) is 0 Å². The largest absolute Gasteiger partial charge is 0.389 e. The van der Waals surface area contributed by atoms with E-state index in [9.17, 15) is 5.11 Å². The van der Waals surface area contributed by atoms with Gasteiger partial charge in [0.15, 0.2) is 0 Å². The predicted octanol–water partition coefficient (Wildman–Crippen LogP) is 5.29. The second-order valence-electron chi connectivity index (χ2n) is 8.19. The molecule has 3 unspecified atom stereocenters. The van der Waals surface area contributed by atoms with Gasteiger partial charge in [-0.2, -0.15) is 0 Å². The smallest absolute Gasteiger partial charge is 0.0714 e. The van der Waals surface area contributed by atoms with E-state index in [0.29, 0.717) is 17.8 Å². The van der Waals surface area contributed by atoms with Crippen molar-refractivity contribution in [2.75, 3.05) is 0 Å². The van der Waals surface area contributed by atoms with Gasteiger partial charge in [-0.3, -0.25) is 0 Å². The van der Waals surface area contributed by atoms with Gasteiger partial charge >= 0.3 is 0 Å². The lowest BCUT2D eigenvalue weighted by molar-refractivity contribution is 0.102. The van der Waals surface area contributed by atoms with Gasteiger partial charge in [0.1, 0.15) is 0 Å². The van der Waals surface area contributed by atoms with Crippen LogP contribution in [0.5, 0.6) is 0 Å². The molecule has 1 aromatic carbocycles. The van der Waals surface area contributed by atoms with E-state index >= 15 is 0 Å². The molecule has 0 heterocycles. The highest BCUT2D eigenvalue weighted by Gasteiger charge is 2.64. The summed E-state index contributed by atoms with van der Waals surface area (Å²) in [6, 6.07) is 10.8. The van der Waals surface area contributed by atoms with Crippen LogP contribution < -0.4 is 0 Å². The first-order valence-electron chi connectivity index (χ1n) is 9.54. The lowest BCUT2D eigenvalue weighted by Gasteiger charge is -2.21. The molecule has 0 amide bonds. The third-order valence-electron chi connectivity index (χ3n) is 6.67. The third-order valence-corrected chi connectivity index (χ3v) is 6.67. The van der Waals surface area contributed by atoms with E-state index < -0.39 is 0 Å². The Hall–Kier alpha value is -0.820. The summed E-state index contributed by atoms with van der Waals surface area (Å²) in [5.74, 6) is 2.79. The molecule has 4 atom stereocenters. The Kier molecular flexibility index (Phi) is 4.02. The maximum absolute atomic E-state index is 10.9. The summed E-state index contributed by atoms with van der Waals surface area (Å²) in [6.45, 7) is 0. The summed E-state index contributed by atoms with van der Waals surface area (Å²) in [5, 5.41) is 10.9. The van der Waals surface area contributed by atoms with Crippen molar-refractivity contribution in [1.29, 1.82) is 0 Å². The number of hydrogen-bond donors (Lipinski definition) is 1. The Morgan fingerprint density at radius 2 is 1.77 bits per heavy atom. The molecule has 1 aromatic rings. The van der Waals surface area contributed by atoms with Crippen molar-refractivity contribution in [3.05, 3.63) is 35.9 Å². The molecular weight excluding hydrogens is 268 g/mol. The van der Waals surface area contributed by atoms with Crippen molar-refractivity contribution in [2.45, 2.75) is 75.7 Å². The minimum Gasteiger partial charge on any atom is -0.389 e. The van der Waals surface area contributed by atoms with Crippen molar-refractivity contribution < 1.29 is 5.11 Å². The third kappa shape index (κ3) is 2.97. The van der Waals surface area contributed by atoms with Gasteiger partial charge in [0.25, 0.3) is 0 Å². The zero-order valence-corrected chi connectivity index (χ0v) is 13.7. The Bertz CT molecular complexity index is 490. The van der Waals surface area contributed by atoms with E-state index in [0.717, 1.165) is 12.3 Å². The van der Waals surface area contributed by atoms with Crippen molar-refractivity contribution >= 4 is 0 Å². The topological polar surface area (TPSA) is 20.2 Å². The van der Waals surface area contributed by atoms with Crippen LogP contribution in [0.2, 0.25) is 0 Å². The average Bonchev–Trinajstić information content (AvgIpc) is 3.46. The van der Waals surface area contributed by atoms with E-state index in [1.54, 1.807) is 0 Å². The van der Waals surface area contributed by atoms with Crippen LogP contribution in [0.25, 0.3) is 0 Å². The van der Waals surface area contributed by atoms with Gasteiger partial charge in [-0.25, -0.2) is 0 Å². The summed E-state index contributed by atoms with van der Waals surface area (Å²) in [7, 11) is 0. The van der Waals surface area contributed by atoms with Gasteiger partial charge in [-0.1, -0.05) is 75.3 Å². The highest BCUT2D eigenvalue weighted by atomic mass is 16.3. The normalized spacial score (nSPS) is 38.0. The fourth-order valence-corrected chi connectivity index (χ4v) is 5.09. The van der Waals surface area contributed by atoms with Crippen LogP contribution in [0.15, 0.2) is 30.3 Å². The maximum Gasteiger partial charge on any atom is 0.0714 e. The molecule has 120 valence electrons. The second-order valence-corrected chi connectivity index (χ2v) is 8.19. The minimum atomic E-state index is -0.299. The van der Waals surface area contributed by atoms with Crippen molar-refractivity contribution in [3.63, 3.8) is 0 Å². The molecule has 0 aromatic heterocycles. The van der Waals surface area contributed by atoms with Crippen molar-refractivity contribution in [1.82, 2.24) is 0 Å². The van der Waals surface area contributed by atoms with Crippen LogP contribution in [-0.2, 0) is 0 Å². The van der Waals surface area contributed by atoms with Gasteiger partial charge in [0.2, 0.25) is 0 Å². The molecule has 22 heavy (non-hydrogen) atoms. The standard InChI is InChI=1S/C21H30O/c22-21(20-14-19(20)17-11-5-2-6-12-17)15-18(21)13-7-10-16-8-3-1-4-9-16/h2,5-6,11-12,16,18-20,22H,1,3-4,7-10,13-15H2/t18?,19?,20-,21?/m0/s1. The molecule has 1 nitrogen and oxygen atoms in total. The fraction of sp³-hybridized carbons (Fsp3) is 0.714. The Labute approximate surface area is 135 Å². The molecule has 3 aliphatic rings. The van der Waals surface area contributed by atoms with Gasteiger partial charge in [-0.15, -0.1) is 0 Å². The first kappa shape index (κ1) is 14.8. The molecule has 0 aliphatic heterocycles. The molecule has 0 bridgehead atoms. The molecule has 1 heteroatoms. The predicted molar refractivity (Wildman–Crippen MR) is 90.8 cm³/mol. The van der Waals surface area contributed by atoms with E-state index in [2.05, 4.69) is 30.3 Å². The monoisotopic (exact) mass is 298 g/mol. The number of aliphatic hydroxyl groups is 1. The molecule has 3 saturated carbocycles. The maximum atomic E-state index is 10.9. The summed E-state index contributed by atoms with van der Waals surface area (Å²) < 4.78 is 0. The number of hydrogen-bond acceptors (Lipinski definition) is 1. The van der Waals surface area contributed by atoms with Crippen LogP contribution in [0, 0.1) is 17.8 Å². The van der Waals surface area contributed by atoms with E-state index in [-0.39, 0.29) is 5.60 Å². The number of benzene rings is 1. The summed E-state index contributed by atoms with van der Waals surface area (Å²) >= 11 is 0. The fourth-order valence-electron chi connectivity index (χ4n) is 5.09. The SMILES string of the molecule is OC1([C@H]2CC2c2ccccc2)CC1CCCC1CCCCC1. The molecule has 4 rings (SSSR count). The molecular formula is C21H30O. The lowest BCUT2D eigenvalue weighted by atomic mass is 9.85. The molecule has 0 saturated heterocycles.